The standard InChI is InChI=1S/C14H17N3S/c15-14-16-13(10-18-14)12-6-7-17(9-12)8-11-4-2-1-3-5-11/h1-5,10,12H,6-9H2,(H2,15,16)/t12-/m0/s1. The van der Waals surface area contributed by atoms with Crippen molar-refractivity contribution in [3.8, 4) is 0 Å². The van der Waals surface area contributed by atoms with Gasteiger partial charge in [0.15, 0.2) is 5.13 Å². The van der Waals surface area contributed by atoms with Crippen molar-refractivity contribution in [3.05, 3.63) is 47.0 Å². The van der Waals surface area contributed by atoms with Crippen molar-refractivity contribution in [2.75, 3.05) is 18.8 Å². The van der Waals surface area contributed by atoms with Crippen LogP contribution in [0.3, 0.4) is 0 Å². The van der Waals surface area contributed by atoms with Crippen LogP contribution in [0.5, 0.6) is 0 Å². The van der Waals surface area contributed by atoms with Crippen LogP contribution in [0.1, 0.15) is 23.6 Å². The van der Waals surface area contributed by atoms with Crippen molar-refractivity contribution in [3.63, 3.8) is 0 Å². The molecule has 0 saturated carbocycles. The zero-order valence-electron chi connectivity index (χ0n) is 10.2. The lowest BCUT2D eigenvalue weighted by atomic mass is 10.1. The summed E-state index contributed by atoms with van der Waals surface area (Å²) in [4.78, 5) is 6.90. The molecule has 0 bridgehead atoms. The van der Waals surface area contributed by atoms with Crippen LogP contribution in [0.2, 0.25) is 0 Å². The number of anilines is 1. The minimum absolute atomic E-state index is 0.558. The highest BCUT2D eigenvalue weighted by molar-refractivity contribution is 7.13. The summed E-state index contributed by atoms with van der Waals surface area (Å²) in [6, 6.07) is 10.6. The van der Waals surface area contributed by atoms with Gasteiger partial charge in [-0.2, -0.15) is 0 Å². The highest BCUT2D eigenvalue weighted by Crippen LogP contribution is 2.29. The van der Waals surface area contributed by atoms with Crippen LogP contribution >= 0.6 is 11.3 Å². The molecule has 18 heavy (non-hydrogen) atoms. The number of benzene rings is 1. The van der Waals surface area contributed by atoms with E-state index in [9.17, 15) is 0 Å². The maximum absolute atomic E-state index is 5.70. The Morgan fingerprint density at radius 1 is 1.33 bits per heavy atom. The quantitative estimate of drug-likeness (QED) is 0.921. The molecule has 1 aromatic heterocycles. The van der Waals surface area contributed by atoms with Crippen LogP contribution in [0.4, 0.5) is 5.13 Å². The fraction of sp³-hybridized carbons (Fsp3) is 0.357. The summed E-state index contributed by atoms with van der Waals surface area (Å²) in [6.45, 7) is 3.28. The Morgan fingerprint density at radius 3 is 2.89 bits per heavy atom. The summed E-state index contributed by atoms with van der Waals surface area (Å²) in [7, 11) is 0. The van der Waals surface area contributed by atoms with Crippen molar-refractivity contribution in [2.45, 2.75) is 18.9 Å². The second kappa shape index (κ2) is 5.08. The maximum Gasteiger partial charge on any atom is 0.180 e. The summed E-state index contributed by atoms with van der Waals surface area (Å²) in [6.07, 6.45) is 1.19. The third kappa shape index (κ3) is 2.54. The van der Waals surface area contributed by atoms with E-state index in [1.807, 2.05) is 0 Å². The zero-order valence-corrected chi connectivity index (χ0v) is 11.1. The van der Waals surface area contributed by atoms with E-state index in [1.54, 1.807) is 11.3 Å². The Bertz CT molecular complexity index is 509. The molecule has 1 saturated heterocycles. The molecular weight excluding hydrogens is 242 g/mol. The van der Waals surface area contributed by atoms with Gasteiger partial charge in [0.05, 0.1) is 5.69 Å². The summed E-state index contributed by atoms with van der Waals surface area (Å²) in [5, 5.41) is 2.79. The molecule has 0 amide bonds. The largest absolute Gasteiger partial charge is 0.375 e. The first-order valence-corrected chi connectivity index (χ1v) is 7.16. The highest BCUT2D eigenvalue weighted by atomic mass is 32.1. The number of nitrogens with zero attached hydrogens (tertiary/aromatic N) is 2. The van der Waals surface area contributed by atoms with Crippen LogP contribution in [-0.2, 0) is 6.54 Å². The predicted octanol–water partition coefficient (Wildman–Crippen LogP) is 2.71. The van der Waals surface area contributed by atoms with E-state index in [-0.39, 0.29) is 0 Å². The van der Waals surface area contributed by atoms with Crippen LogP contribution in [0.25, 0.3) is 0 Å². The third-order valence-corrected chi connectivity index (χ3v) is 4.17. The third-order valence-electron chi connectivity index (χ3n) is 3.48. The predicted molar refractivity (Wildman–Crippen MR) is 75.6 cm³/mol. The second-order valence-corrected chi connectivity index (χ2v) is 5.71. The van der Waals surface area contributed by atoms with Gasteiger partial charge in [-0.15, -0.1) is 11.3 Å². The molecule has 3 nitrogen and oxygen atoms in total. The molecule has 0 radical (unpaired) electrons. The first-order valence-electron chi connectivity index (χ1n) is 6.28. The van der Waals surface area contributed by atoms with E-state index in [0.29, 0.717) is 11.0 Å². The van der Waals surface area contributed by atoms with Crippen molar-refractivity contribution < 1.29 is 0 Å². The van der Waals surface area contributed by atoms with Crippen LogP contribution < -0.4 is 5.73 Å². The number of hydrogen-bond acceptors (Lipinski definition) is 4. The summed E-state index contributed by atoms with van der Waals surface area (Å²) in [5.74, 6) is 0.558. The molecule has 2 aromatic rings. The lowest BCUT2D eigenvalue weighted by Gasteiger charge is -2.15. The average molecular weight is 259 g/mol. The van der Waals surface area contributed by atoms with Gasteiger partial charge in [-0.3, -0.25) is 4.90 Å². The Hall–Kier alpha value is -1.39. The fourth-order valence-electron chi connectivity index (χ4n) is 2.55. The molecule has 4 heteroatoms. The number of likely N-dealkylation sites (tertiary alicyclic amines) is 1. The molecular formula is C14H17N3S. The Balaban J connectivity index is 1.62. The average Bonchev–Trinajstić information content (AvgIpc) is 2.99. The minimum Gasteiger partial charge on any atom is -0.375 e. The Morgan fingerprint density at radius 2 is 2.17 bits per heavy atom. The Kier molecular flexibility index (Phi) is 3.30. The van der Waals surface area contributed by atoms with Gasteiger partial charge in [0, 0.05) is 24.4 Å². The topological polar surface area (TPSA) is 42.1 Å². The van der Waals surface area contributed by atoms with E-state index >= 15 is 0 Å². The first-order chi connectivity index (χ1) is 8.81. The van der Waals surface area contributed by atoms with E-state index in [0.717, 1.165) is 19.6 Å². The van der Waals surface area contributed by atoms with Gasteiger partial charge < -0.3 is 5.73 Å². The molecule has 1 atom stereocenters. The van der Waals surface area contributed by atoms with E-state index < -0.39 is 0 Å². The molecule has 1 fully saturated rings. The van der Waals surface area contributed by atoms with E-state index in [2.05, 4.69) is 45.6 Å². The van der Waals surface area contributed by atoms with E-state index in [4.69, 9.17) is 5.73 Å². The first kappa shape index (κ1) is 11.7. The van der Waals surface area contributed by atoms with Gasteiger partial charge in [-0.05, 0) is 18.5 Å². The maximum atomic E-state index is 5.70. The highest BCUT2D eigenvalue weighted by Gasteiger charge is 2.25. The van der Waals surface area contributed by atoms with Gasteiger partial charge in [0.25, 0.3) is 0 Å². The normalized spacial score (nSPS) is 20.3. The summed E-state index contributed by atoms with van der Waals surface area (Å²) >= 11 is 1.54. The number of aromatic nitrogens is 1. The number of thiazole rings is 1. The number of nitrogen functional groups attached to an aromatic ring is 1. The SMILES string of the molecule is Nc1nc([C@H]2CCN(Cc3ccccc3)C2)cs1. The molecule has 1 aromatic carbocycles. The lowest BCUT2D eigenvalue weighted by molar-refractivity contribution is 0.326. The molecule has 2 N–H and O–H groups in total. The second-order valence-electron chi connectivity index (χ2n) is 4.82. The van der Waals surface area contributed by atoms with Gasteiger partial charge in [-0.1, -0.05) is 30.3 Å². The van der Waals surface area contributed by atoms with Gasteiger partial charge >= 0.3 is 0 Å². The number of nitrogens with two attached hydrogens (primary N) is 1. The molecule has 0 unspecified atom stereocenters. The van der Waals surface area contributed by atoms with Crippen molar-refractivity contribution in [1.82, 2.24) is 9.88 Å². The summed E-state index contributed by atoms with van der Waals surface area (Å²) in [5.41, 5.74) is 8.26. The number of hydrogen-bond donors (Lipinski definition) is 1. The van der Waals surface area contributed by atoms with Crippen molar-refractivity contribution in [1.29, 1.82) is 0 Å². The molecule has 3 rings (SSSR count). The van der Waals surface area contributed by atoms with Crippen molar-refractivity contribution in [2.24, 2.45) is 0 Å². The summed E-state index contributed by atoms with van der Waals surface area (Å²) < 4.78 is 0. The van der Waals surface area contributed by atoms with E-state index in [1.165, 1.54) is 17.7 Å². The smallest absolute Gasteiger partial charge is 0.180 e. The number of rotatable bonds is 3. The molecule has 0 spiro atoms. The minimum atomic E-state index is 0.558. The van der Waals surface area contributed by atoms with Crippen LogP contribution in [0, 0.1) is 0 Å². The van der Waals surface area contributed by atoms with Crippen molar-refractivity contribution >= 4 is 16.5 Å². The monoisotopic (exact) mass is 259 g/mol. The van der Waals surface area contributed by atoms with Gasteiger partial charge in [0.1, 0.15) is 0 Å². The van der Waals surface area contributed by atoms with Gasteiger partial charge in [0.2, 0.25) is 0 Å². The molecule has 2 heterocycles. The zero-order chi connectivity index (χ0) is 12.4. The molecule has 0 aliphatic carbocycles. The van der Waals surface area contributed by atoms with Crippen LogP contribution in [-0.4, -0.2) is 23.0 Å². The molecule has 94 valence electrons. The molecule has 1 aliphatic rings. The fourth-order valence-corrected chi connectivity index (χ4v) is 3.19. The lowest BCUT2D eigenvalue weighted by Crippen LogP contribution is -2.19. The Labute approximate surface area is 111 Å². The molecule has 1 aliphatic heterocycles. The van der Waals surface area contributed by atoms with Gasteiger partial charge in [-0.25, -0.2) is 4.98 Å². The van der Waals surface area contributed by atoms with Crippen LogP contribution in [0.15, 0.2) is 35.7 Å².